The maximum Gasteiger partial charge on any atom is 0.410 e. The first kappa shape index (κ1) is 22.1. The monoisotopic (exact) mass is 438 g/mol. The Morgan fingerprint density at radius 2 is 1.97 bits per heavy atom. The summed E-state index contributed by atoms with van der Waals surface area (Å²) in [5.74, 6) is -2.85. The number of carbonyl (C=O) groups is 2. The molecule has 2 unspecified atom stereocenters. The van der Waals surface area contributed by atoms with Crippen molar-refractivity contribution in [2.75, 3.05) is 18.0 Å². The summed E-state index contributed by atoms with van der Waals surface area (Å²) in [6.45, 7) is 5.66. The van der Waals surface area contributed by atoms with Crippen LogP contribution in [0.2, 0.25) is 0 Å². The number of halogens is 2. The van der Waals surface area contributed by atoms with Gasteiger partial charge in [0.05, 0.1) is 6.04 Å². The number of thiazole rings is 1. The molecule has 2 amide bonds. The SMILES string of the molecule is CC(C)(C)OC(=O)N1CCC(N)C(N(C(=O)c2c(F)cccc2F)c2nccs2)C1. The van der Waals surface area contributed by atoms with Gasteiger partial charge in [-0.05, 0) is 39.3 Å². The third kappa shape index (κ3) is 4.76. The van der Waals surface area contributed by atoms with E-state index in [1.54, 1.807) is 26.2 Å². The molecule has 2 aromatic rings. The van der Waals surface area contributed by atoms with E-state index in [1.165, 1.54) is 22.1 Å². The number of amides is 2. The molecule has 1 aromatic carbocycles. The normalized spacial score (nSPS) is 19.5. The van der Waals surface area contributed by atoms with Crippen molar-refractivity contribution < 1.29 is 23.1 Å². The van der Waals surface area contributed by atoms with Crippen molar-refractivity contribution in [1.82, 2.24) is 9.88 Å². The van der Waals surface area contributed by atoms with E-state index >= 15 is 0 Å². The standard InChI is InChI=1S/C20H24F2N4O3S/c1-20(2,3)29-19(28)25-9-7-14(23)15(11-25)26(18-24-8-10-30-18)17(27)16-12(21)5-4-6-13(16)22/h4-6,8,10,14-15H,7,9,11,23H2,1-3H3. The summed E-state index contributed by atoms with van der Waals surface area (Å²) in [5, 5.41) is 1.89. The van der Waals surface area contributed by atoms with Gasteiger partial charge >= 0.3 is 6.09 Å². The summed E-state index contributed by atoms with van der Waals surface area (Å²) in [7, 11) is 0. The third-order valence-corrected chi connectivity index (χ3v) is 5.41. The van der Waals surface area contributed by atoms with E-state index in [0.29, 0.717) is 13.0 Å². The molecule has 10 heteroatoms. The molecule has 0 aliphatic carbocycles. The van der Waals surface area contributed by atoms with Gasteiger partial charge in [0.25, 0.3) is 5.91 Å². The summed E-state index contributed by atoms with van der Waals surface area (Å²) < 4.78 is 34.1. The molecule has 1 saturated heterocycles. The molecule has 162 valence electrons. The minimum Gasteiger partial charge on any atom is -0.444 e. The second-order valence-electron chi connectivity index (χ2n) is 8.03. The maximum absolute atomic E-state index is 14.3. The van der Waals surface area contributed by atoms with Crippen LogP contribution in [0.15, 0.2) is 29.8 Å². The number of nitrogens with two attached hydrogens (primary N) is 1. The molecular formula is C20H24F2N4O3S. The molecule has 1 aliphatic heterocycles. The van der Waals surface area contributed by atoms with Crippen LogP contribution in [0.5, 0.6) is 0 Å². The maximum atomic E-state index is 14.3. The highest BCUT2D eigenvalue weighted by Gasteiger charge is 2.40. The van der Waals surface area contributed by atoms with Gasteiger partial charge in [-0.2, -0.15) is 0 Å². The molecule has 1 aliphatic rings. The molecule has 2 N–H and O–H groups in total. The Bertz CT molecular complexity index is 897. The zero-order valence-corrected chi connectivity index (χ0v) is 17.8. The zero-order valence-electron chi connectivity index (χ0n) is 17.0. The van der Waals surface area contributed by atoms with Gasteiger partial charge in [0.1, 0.15) is 22.8 Å². The van der Waals surface area contributed by atoms with Crippen LogP contribution >= 0.6 is 11.3 Å². The number of anilines is 1. The number of rotatable bonds is 3. The number of ether oxygens (including phenoxy) is 1. The highest BCUT2D eigenvalue weighted by molar-refractivity contribution is 7.13. The van der Waals surface area contributed by atoms with E-state index in [2.05, 4.69) is 4.98 Å². The molecule has 2 heterocycles. The lowest BCUT2D eigenvalue weighted by Gasteiger charge is -2.42. The van der Waals surface area contributed by atoms with Crippen LogP contribution in [0.25, 0.3) is 0 Å². The number of likely N-dealkylation sites (tertiary alicyclic amines) is 1. The van der Waals surface area contributed by atoms with E-state index in [9.17, 15) is 18.4 Å². The lowest BCUT2D eigenvalue weighted by Crippen LogP contribution is -2.61. The molecule has 0 bridgehead atoms. The van der Waals surface area contributed by atoms with Crippen LogP contribution in [-0.2, 0) is 4.74 Å². The molecule has 1 fully saturated rings. The van der Waals surface area contributed by atoms with E-state index in [-0.39, 0.29) is 11.7 Å². The predicted octanol–water partition coefficient (Wildman–Crippen LogP) is 3.40. The predicted molar refractivity (Wildman–Crippen MR) is 109 cm³/mol. The molecule has 7 nitrogen and oxygen atoms in total. The van der Waals surface area contributed by atoms with E-state index in [1.807, 2.05) is 0 Å². The van der Waals surface area contributed by atoms with Gasteiger partial charge in [0.2, 0.25) is 0 Å². The Morgan fingerprint density at radius 3 is 2.53 bits per heavy atom. The largest absolute Gasteiger partial charge is 0.444 e. The zero-order chi connectivity index (χ0) is 22.1. The Morgan fingerprint density at radius 1 is 1.30 bits per heavy atom. The summed E-state index contributed by atoms with van der Waals surface area (Å²) in [5.41, 5.74) is 4.91. The minimum absolute atomic E-state index is 0.0530. The van der Waals surface area contributed by atoms with Gasteiger partial charge in [-0.3, -0.25) is 9.69 Å². The molecule has 3 rings (SSSR count). The number of nitrogens with zero attached hydrogens (tertiary/aromatic N) is 3. The summed E-state index contributed by atoms with van der Waals surface area (Å²) in [6.07, 6.45) is 1.33. The van der Waals surface area contributed by atoms with Crippen LogP contribution in [0, 0.1) is 11.6 Å². The number of piperidine rings is 1. The first-order chi connectivity index (χ1) is 14.1. The van der Waals surface area contributed by atoms with Crippen LogP contribution < -0.4 is 10.6 Å². The lowest BCUT2D eigenvalue weighted by atomic mass is 9.98. The third-order valence-electron chi connectivity index (χ3n) is 4.64. The number of hydrogen-bond acceptors (Lipinski definition) is 6. The smallest absolute Gasteiger partial charge is 0.410 e. The number of aromatic nitrogens is 1. The molecule has 0 spiro atoms. The van der Waals surface area contributed by atoms with Crippen molar-refractivity contribution in [3.8, 4) is 0 Å². The molecule has 0 saturated carbocycles. The van der Waals surface area contributed by atoms with Crippen molar-refractivity contribution in [3.63, 3.8) is 0 Å². The Hall–Kier alpha value is -2.59. The number of carbonyl (C=O) groups excluding carboxylic acids is 2. The average Bonchev–Trinajstić information content (AvgIpc) is 3.16. The first-order valence-corrected chi connectivity index (χ1v) is 10.4. The van der Waals surface area contributed by atoms with Crippen LogP contribution in [0.3, 0.4) is 0 Å². The van der Waals surface area contributed by atoms with Crippen molar-refractivity contribution in [2.24, 2.45) is 5.73 Å². The number of benzene rings is 1. The number of hydrogen-bond donors (Lipinski definition) is 1. The highest BCUT2D eigenvalue weighted by atomic mass is 32.1. The Balaban J connectivity index is 1.95. The fourth-order valence-corrected chi connectivity index (χ4v) is 3.95. The first-order valence-electron chi connectivity index (χ1n) is 9.49. The lowest BCUT2D eigenvalue weighted by molar-refractivity contribution is 0.0184. The Kier molecular flexibility index (Phi) is 6.37. The van der Waals surface area contributed by atoms with Gasteiger partial charge in [0.15, 0.2) is 5.13 Å². The highest BCUT2D eigenvalue weighted by Crippen LogP contribution is 2.28. The fraction of sp³-hybridized carbons (Fsp3) is 0.450. The van der Waals surface area contributed by atoms with Gasteiger partial charge in [-0.25, -0.2) is 18.6 Å². The summed E-state index contributed by atoms with van der Waals surface area (Å²) >= 11 is 1.14. The van der Waals surface area contributed by atoms with Crippen LogP contribution in [0.1, 0.15) is 37.6 Å². The quantitative estimate of drug-likeness (QED) is 0.793. The molecular weight excluding hydrogens is 414 g/mol. The van der Waals surface area contributed by atoms with Gasteiger partial charge in [0, 0.05) is 30.7 Å². The van der Waals surface area contributed by atoms with Gasteiger partial charge in [-0.15, -0.1) is 11.3 Å². The van der Waals surface area contributed by atoms with Gasteiger partial charge < -0.3 is 15.4 Å². The average molecular weight is 439 g/mol. The second-order valence-corrected chi connectivity index (χ2v) is 8.91. The molecule has 0 radical (unpaired) electrons. The topological polar surface area (TPSA) is 88.8 Å². The molecule has 2 atom stereocenters. The van der Waals surface area contributed by atoms with Crippen molar-refractivity contribution in [3.05, 3.63) is 47.0 Å². The van der Waals surface area contributed by atoms with Crippen LogP contribution in [-0.4, -0.2) is 52.7 Å². The summed E-state index contributed by atoms with van der Waals surface area (Å²) in [4.78, 5) is 32.6. The van der Waals surface area contributed by atoms with E-state index in [0.717, 1.165) is 23.5 Å². The second kappa shape index (κ2) is 8.65. The Labute approximate surface area is 177 Å². The van der Waals surface area contributed by atoms with E-state index < -0.39 is 46.9 Å². The minimum atomic E-state index is -0.977. The van der Waals surface area contributed by atoms with Crippen molar-refractivity contribution >= 4 is 28.5 Å². The van der Waals surface area contributed by atoms with Gasteiger partial charge in [-0.1, -0.05) is 6.07 Å². The molecule has 30 heavy (non-hydrogen) atoms. The summed E-state index contributed by atoms with van der Waals surface area (Å²) in [6, 6.07) is 1.97. The van der Waals surface area contributed by atoms with Crippen molar-refractivity contribution in [2.45, 2.75) is 44.9 Å². The van der Waals surface area contributed by atoms with Crippen LogP contribution in [0.4, 0.5) is 18.7 Å². The fourth-order valence-electron chi connectivity index (χ4n) is 3.25. The molecule has 1 aromatic heterocycles. The van der Waals surface area contributed by atoms with E-state index in [4.69, 9.17) is 10.5 Å². The van der Waals surface area contributed by atoms with Crippen molar-refractivity contribution in [1.29, 1.82) is 0 Å².